The molecule has 0 bridgehead atoms. The van der Waals surface area contributed by atoms with Crippen LogP contribution >= 0.6 is 0 Å². The van der Waals surface area contributed by atoms with E-state index in [0.717, 1.165) is 39.3 Å². The molecular weight excluding hydrogens is 286 g/mol. The van der Waals surface area contributed by atoms with E-state index >= 15 is 0 Å². The number of hydrogen-bond donors (Lipinski definition) is 0. The van der Waals surface area contributed by atoms with Gasteiger partial charge in [-0.05, 0) is 44.5 Å². The second kappa shape index (κ2) is 9.45. The van der Waals surface area contributed by atoms with E-state index in [1.807, 2.05) is 0 Å². The van der Waals surface area contributed by atoms with Gasteiger partial charge in [0.15, 0.2) is 0 Å². The average Bonchev–Trinajstić information content (AvgIpc) is 2.58. The maximum absolute atomic E-state index is 2.74. The lowest BCUT2D eigenvalue weighted by atomic mass is 10.4. The molecule has 0 aliphatic heterocycles. The highest BCUT2D eigenvalue weighted by atomic mass is 28.4. The van der Waals surface area contributed by atoms with Crippen molar-refractivity contribution in [3.05, 3.63) is 30.3 Å². The Morgan fingerprint density at radius 3 is 1.18 bits per heavy atom. The Morgan fingerprint density at radius 1 is 0.591 bits per heavy atom. The molecule has 0 atom stereocenters. The third kappa shape index (κ3) is 3.45. The molecule has 0 aliphatic rings. The normalized spacial score (nSPS) is 12.6. The van der Waals surface area contributed by atoms with Crippen molar-refractivity contribution in [2.75, 3.05) is 39.3 Å². The summed E-state index contributed by atoms with van der Waals surface area (Å²) < 4.78 is 8.22. The van der Waals surface area contributed by atoms with Crippen molar-refractivity contribution < 1.29 is 0 Å². The molecule has 0 amide bonds. The molecule has 126 valence electrons. The van der Waals surface area contributed by atoms with Gasteiger partial charge in [-0.1, -0.05) is 71.9 Å². The van der Waals surface area contributed by atoms with Crippen LogP contribution in [0, 0.1) is 0 Å². The average molecular weight is 322 g/mol. The zero-order valence-electron chi connectivity index (χ0n) is 15.5. The van der Waals surface area contributed by atoms with Gasteiger partial charge in [0.1, 0.15) is 0 Å². The van der Waals surface area contributed by atoms with Crippen LogP contribution in [0.25, 0.3) is 0 Å². The Labute approximate surface area is 139 Å². The Balaban J connectivity index is 3.61. The SMILES string of the molecule is CCN(CC)[Si](c1ccccc1)(N(CC)CC)N(CC)CC. The fourth-order valence-electron chi connectivity index (χ4n) is 3.80. The smallest absolute Gasteiger partial charge is 0.296 e. The van der Waals surface area contributed by atoms with Gasteiger partial charge in [-0.25, -0.2) is 0 Å². The van der Waals surface area contributed by atoms with Crippen molar-refractivity contribution >= 4 is 13.7 Å². The van der Waals surface area contributed by atoms with Crippen LogP contribution in [-0.4, -0.2) is 61.5 Å². The van der Waals surface area contributed by atoms with E-state index in [9.17, 15) is 0 Å². The summed E-state index contributed by atoms with van der Waals surface area (Å²) >= 11 is 0. The summed E-state index contributed by atoms with van der Waals surface area (Å²) in [6, 6.07) is 11.2. The molecular formula is C18H35N3Si. The lowest BCUT2D eigenvalue weighted by Crippen LogP contribution is -2.81. The molecule has 0 N–H and O–H groups in total. The fourth-order valence-corrected chi connectivity index (χ4v) is 9.38. The van der Waals surface area contributed by atoms with E-state index in [1.54, 1.807) is 0 Å². The van der Waals surface area contributed by atoms with Gasteiger partial charge in [0.05, 0.1) is 0 Å². The zero-order chi connectivity index (χ0) is 16.6. The lowest BCUT2D eigenvalue weighted by Gasteiger charge is -2.53. The van der Waals surface area contributed by atoms with Crippen LogP contribution in [0.4, 0.5) is 0 Å². The molecule has 0 radical (unpaired) electrons. The first-order valence-electron chi connectivity index (χ1n) is 8.97. The third-order valence-corrected chi connectivity index (χ3v) is 10.4. The van der Waals surface area contributed by atoms with Gasteiger partial charge in [-0.3, -0.25) is 13.7 Å². The summed E-state index contributed by atoms with van der Waals surface area (Å²) in [4.78, 5) is 0. The minimum absolute atomic E-state index is 1.10. The molecule has 0 heterocycles. The van der Waals surface area contributed by atoms with E-state index in [4.69, 9.17) is 0 Å². The van der Waals surface area contributed by atoms with Gasteiger partial charge in [0, 0.05) is 0 Å². The molecule has 0 aliphatic carbocycles. The second-order valence-electron chi connectivity index (χ2n) is 5.52. The summed E-state index contributed by atoms with van der Waals surface area (Å²) in [5, 5.41) is 1.52. The van der Waals surface area contributed by atoms with Crippen molar-refractivity contribution in [3.63, 3.8) is 0 Å². The molecule has 3 nitrogen and oxygen atoms in total. The van der Waals surface area contributed by atoms with Crippen LogP contribution in [0.3, 0.4) is 0 Å². The Bertz CT molecular complexity index is 367. The molecule has 0 aromatic heterocycles. The fraction of sp³-hybridized carbons (Fsp3) is 0.667. The predicted octanol–water partition coefficient (Wildman–Crippen LogP) is 2.86. The van der Waals surface area contributed by atoms with Crippen LogP contribution in [-0.2, 0) is 0 Å². The maximum Gasteiger partial charge on any atom is 0.323 e. The largest absolute Gasteiger partial charge is 0.323 e. The van der Waals surface area contributed by atoms with Gasteiger partial charge >= 0.3 is 8.56 Å². The van der Waals surface area contributed by atoms with E-state index in [1.165, 1.54) is 5.19 Å². The van der Waals surface area contributed by atoms with Gasteiger partial charge in [-0.15, -0.1) is 0 Å². The second-order valence-corrected chi connectivity index (χ2v) is 9.26. The molecule has 0 saturated heterocycles. The summed E-state index contributed by atoms with van der Waals surface area (Å²) in [7, 11) is -2.06. The van der Waals surface area contributed by atoms with Crippen molar-refractivity contribution in [2.24, 2.45) is 0 Å². The van der Waals surface area contributed by atoms with Crippen LogP contribution < -0.4 is 5.19 Å². The molecule has 1 rings (SSSR count). The molecule has 4 heteroatoms. The molecule has 0 spiro atoms. The first-order valence-corrected chi connectivity index (χ1v) is 10.8. The summed E-state index contributed by atoms with van der Waals surface area (Å²) in [5.41, 5.74) is 0. The summed E-state index contributed by atoms with van der Waals surface area (Å²) in [6.07, 6.45) is 0. The third-order valence-electron chi connectivity index (χ3n) is 4.77. The summed E-state index contributed by atoms with van der Waals surface area (Å²) in [5.74, 6) is 0. The molecule has 0 unspecified atom stereocenters. The van der Waals surface area contributed by atoms with Crippen molar-refractivity contribution in [3.8, 4) is 0 Å². The first-order chi connectivity index (χ1) is 10.7. The minimum atomic E-state index is -2.06. The zero-order valence-corrected chi connectivity index (χ0v) is 16.5. The van der Waals surface area contributed by atoms with Crippen molar-refractivity contribution in [1.29, 1.82) is 0 Å². The van der Waals surface area contributed by atoms with Gasteiger partial charge in [0.25, 0.3) is 0 Å². The number of nitrogens with zero attached hydrogens (tertiary/aromatic N) is 3. The van der Waals surface area contributed by atoms with Crippen LogP contribution in [0.15, 0.2) is 30.3 Å². The first kappa shape index (κ1) is 19.4. The van der Waals surface area contributed by atoms with E-state index in [-0.39, 0.29) is 0 Å². The topological polar surface area (TPSA) is 9.72 Å². The Hall–Kier alpha value is -0.683. The van der Waals surface area contributed by atoms with Gasteiger partial charge < -0.3 is 0 Å². The highest BCUT2D eigenvalue weighted by Gasteiger charge is 2.50. The highest BCUT2D eigenvalue weighted by Crippen LogP contribution is 2.21. The summed E-state index contributed by atoms with van der Waals surface area (Å²) in [6.45, 7) is 20.5. The van der Waals surface area contributed by atoms with Crippen LogP contribution in [0.2, 0.25) is 0 Å². The predicted molar refractivity (Wildman–Crippen MR) is 101 cm³/mol. The minimum Gasteiger partial charge on any atom is -0.296 e. The van der Waals surface area contributed by atoms with Crippen molar-refractivity contribution in [2.45, 2.75) is 41.5 Å². The van der Waals surface area contributed by atoms with Gasteiger partial charge in [0.2, 0.25) is 0 Å². The monoisotopic (exact) mass is 321 g/mol. The number of hydrogen-bond acceptors (Lipinski definition) is 3. The van der Waals surface area contributed by atoms with E-state index in [2.05, 4.69) is 85.6 Å². The molecule has 0 saturated carbocycles. The van der Waals surface area contributed by atoms with E-state index < -0.39 is 8.56 Å². The van der Waals surface area contributed by atoms with Crippen molar-refractivity contribution in [1.82, 2.24) is 13.7 Å². The molecule has 1 aromatic rings. The molecule has 22 heavy (non-hydrogen) atoms. The highest BCUT2D eigenvalue weighted by molar-refractivity contribution is 6.84. The quantitative estimate of drug-likeness (QED) is 0.614. The van der Waals surface area contributed by atoms with Gasteiger partial charge in [-0.2, -0.15) is 0 Å². The maximum atomic E-state index is 2.74. The molecule has 1 aromatic carbocycles. The number of rotatable bonds is 10. The molecule has 0 fully saturated rings. The lowest BCUT2D eigenvalue weighted by molar-refractivity contribution is 0.276. The Kier molecular flexibility index (Phi) is 8.32. The van der Waals surface area contributed by atoms with E-state index in [0.29, 0.717) is 0 Å². The van der Waals surface area contributed by atoms with Crippen LogP contribution in [0.1, 0.15) is 41.5 Å². The standard InChI is InChI=1S/C18H35N3Si/c1-7-19(8-2)22(20(9-3)10-4,21(11-5)12-6)18-16-14-13-15-17-18/h13-17H,7-12H2,1-6H3. The van der Waals surface area contributed by atoms with Crippen LogP contribution in [0.5, 0.6) is 0 Å². The Morgan fingerprint density at radius 2 is 0.909 bits per heavy atom. The number of benzene rings is 1.